The van der Waals surface area contributed by atoms with Gasteiger partial charge in [-0.25, -0.2) is 0 Å². The third-order valence-corrected chi connectivity index (χ3v) is 5.29. The zero-order valence-electron chi connectivity index (χ0n) is 15.9. The van der Waals surface area contributed by atoms with Gasteiger partial charge in [-0.2, -0.15) is 0 Å². The van der Waals surface area contributed by atoms with Crippen molar-refractivity contribution in [3.8, 4) is 0 Å². The van der Waals surface area contributed by atoms with Crippen LogP contribution in [0.1, 0.15) is 16.7 Å². The van der Waals surface area contributed by atoms with Gasteiger partial charge in [0.2, 0.25) is 0 Å². The Morgan fingerprint density at radius 3 is 1.54 bits per heavy atom. The maximum atomic E-state index is 3.77. The van der Waals surface area contributed by atoms with Crippen molar-refractivity contribution in [2.45, 2.75) is 6.92 Å². The van der Waals surface area contributed by atoms with E-state index in [0.29, 0.717) is 0 Å². The third-order valence-electron chi connectivity index (χ3n) is 4.33. The summed E-state index contributed by atoms with van der Waals surface area (Å²) in [6, 6.07) is 29.4. The van der Waals surface area contributed by atoms with Gasteiger partial charge in [0.25, 0.3) is 0 Å². The molecule has 0 amide bonds. The molecule has 0 aliphatic carbocycles. The Kier molecular flexibility index (Phi) is 7.70. The van der Waals surface area contributed by atoms with Gasteiger partial charge in [-0.3, -0.25) is 0 Å². The minimum Gasteiger partial charge on any atom is -0.362 e. The molecule has 0 aliphatic heterocycles. The second-order valence-corrected chi connectivity index (χ2v) is 8.73. The van der Waals surface area contributed by atoms with Crippen molar-refractivity contribution in [1.29, 1.82) is 0 Å². The third kappa shape index (κ3) is 6.50. The van der Waals surface area contributed by atoms with Crippen molar-refractivity contribution in [1.82, 2.24) is 0 Å². The zero-order valence-corrected chi connectivity index (χ0v) is 19.0. The van der Waals surface area contributed by atoms with Crippen LogP contribution in [0.4, 0.5) is 5.69 Å². The van der Waals surface area contributed by atoms with Crippen LogP contribution in [-0.4, -0.2) is 13.1 Å². The van der Waals surface area contributed by atoms with Gasteiger partial charge in [-0.15, -0.1) is 0 Å². The van der Waals surface area contributed by atoms with Crippen molar-refractivity contribution >= 4 is 49.7 Å². The Balaban J connectivity index is 1.82. The molecule has 3 rings (SSSR count). The highest BCUT2D eigenvalue weighted by molar-refractivity contribution is 9.12. The first-order chi connectivity index (χ1) is 13.6. The van der Waals surface area contributed by atoms with Gasteiger partial charge < -0.3 is 4.90 Å². The molecular formula is C25H23Br2N. The number of aryl methyl sites for hydroxylation is 1. The molecule has 0 bridgehead atoms. The van der Waals surface area contributed by atoms with Crippen LogP contribution in [0.5, 0.6) is 0 Å². The first kappa shape index (κ1) is 20.6. The maximum Gasteiger partial charge on any atom is 0.0499 e. The highest BCUT2D eigenvalue weighted by Gasteiger charge is 2.10. The first-order valence-corrected chi connectivity index (χ1v) is 10.8. The molecule has 0 saturated carbocycles. The monoisotopic (exact) mass is 495 g/mol. The van der Waals surface area contributed by atoms with Crippen LogP contribution in [0.25, 0.3) is 12.2 Å². The molecule has 0 unspecified atom stereocenters. The number of hydrogen-bond donors (Lipinski definition) is 0. The van der Waals surface area contributed by atoms with Crippen molar-refractivity contribution in [2.24, 2.45) is 0 Å². The largest absolute Gasteiger partial charge is 0.362 e. The summed E-state index contributed by atoms with van der Waals surface area (Å²) >= 11 is 7.54. The number of halogens is 2. The summed E-state index contributed by atoms with van der Waals surface area (Å²) in [5.41, 5.74) is 4.85. The van der Waals surface area contributed by atoms with Crippen LogP contribution in [0, 0.1) is 6.92 Å². The predicted octanol–water partition coefficient (Wildman–Crippen LogP) is 7.67. The summed E-state index contributed by atoms with van der Waals surface area (Å²) < 4.78 is 2.28. The summed E-state index contributed by atoms with van der Waals surface area (Å²) in [5, 5.41) is 0. The van der Waals surface area contributed by atoms with E-state index < -0.39 is 0 Å². The Bertz CT molecular complexity index is 872. The number of anilines is 1. The topological polar surface area (TPSA) is 3.24 Å². The van der Waals surface area contributed by atoms with E-state index in [2.05, 4.69) is 129 Å². The molecule has 0 atom stereocenters. The Labute approximate surface area is 184 Å². The van der Waals surface area contributed by atoms with E-state index >= 15 is 0 Å². The molecule has 0 aromatic heterocycles. The molecule has 142 valence electrons. The van der Waals surface area contributed by atoms with Crippen LogP contribution >= 0.6 is 31.9 Å². The van der Waals surface area contributed by atoms with E-state index in [1.54, 1.807) is 0 Å². The molecule has 3 aromatic carbocycles. The molecule has 1 nitrogen and oxygen atoms in total. The average Bonchev–Trinajstić information content (AvgIpc) is 2.69. The Hall–Kier alpha value is -2.10. The molecule has 0 N–H and O–H groups in total. The lowest BCUT2D eigenvalue weighted by atomic mass is 10.2. The smallest absolute Gasteiger partial charge is 0.0499 e. The summed E-state index contributed by atoms with van der Waals surface area (Å²) in [6.07, 6.45) is 4.35. The quantitative estimate of drug-likeness (QED) is 0.324. The van der Waals surface area contributed by atoms with E-state index in [9.17, 15) is 0 Å². The molecule has 3 aromatic rings. The molecule has 0 heterocycles. The van der Waals surface area contributed by atoms with Crippen molar-refractivity contribution in [3.05, 3.63) is 111 Å². The van der Waals surface area contributed by atoms with Gasteiger partial charge in [0.1, 0.15) is 0 Å². The Morgan fingerprint density at radius 2 is 1.11 bits per heavy atom. The van der Waals surface area contributed by atoms with E-state index in [1.165, 1.54) is 22.4 Å². The minimum absolute atomic E-state index is 0.787. The normalized spacial score (nSPS) is 12.1. The molecule has 0 aliphatic rings. The van der Waals surface area contributed by atoms with Crippen molar-refractivity contribution in [3.63, 3.8) is 0 Å². The van der Waals surface area contributed by atoms with Gasteiger partial charge in [-0.05, 0) is 42.3 Å². The molecule has 28 heavy (non-hydrogen) atoms. The first-order valence-electron chi connectivity index (χ1n) is 9.24. The van der Waals surface area contributed by atoms with Gasteiger partial charge in [0.05, 0.1) is 0 Å². The summed E-state index contributed by atoms with van der Waals surface area (Å²) in [6.45, 7) is 3.69. The lowest BCUT2D eigenvalue weighted by Crippen LogP contribution is -2.26. The standard InChI is InChI=1S/C25H23Br2N/c1-20-12-14-25(15-13-20)28(18-23(26)16-21-8-4-2-5-9-21)19-24(27)17-22-10-6-3-7-11-22/h2-17H,18-19H2,1H3/b23-16-,24-17-. The summed E-state index contributed by atoms with van der Waals surface area (Å²) in [4.78, 5) is 2.35. The van der Waals surface area contributed by atoms with E-state index in [4.69, 9.17) is 0 Å². The lowest BCUT2D eigenvalue weighted by molar-refractivity contribution is 0.948. The van der Waals surface area contributed by atoms with Gasteiger partial charge in [0, 0.05) is 27.7 Å². The molecule has 0 fully saturated rings. The predicted molar refractivity (Wildman–Crippen MR) is 130 cm³/mol. The van der Waals surface area contributed by atoms with Gasteiger partial charge >= 0.3 is 0 Å². The summed E-state index contributed by atoms with van der Waals surface area (Å²) in [7, 11) is 0. The fourth-order valence-electron chi connectivity index (χ4n) is 2.91. The molecule has 0 spiro atoms. The number of nitrogens with zero attached hydrogens (tertiary/aromatic N) is 1. The molecular weight excluding hydrogens is 474 g/mol. The molecule has 3 heteroatoms. The van der Waals surface area contributed by atoms with Crippen LogP contribution in [-0.2, 0) is 0 Å². The number of rotatable bonds is 7. The SMILES string of the molecule is Cc1ccc(N(C/C(Br)=C/c2ccccc2)C/C(Br)=C/c2ccccc2)cc1. The van der Waals surface area contributed by atoms with Gasteiger partial charge in [-0.1, -0.05) is 110 Å². The lowest BCUT2D eigenvalue weighted by Gasteiger charge is -2.25. The highest BCUT2D eigenvalue weighted by atomic mass is 79.9. The average molecular weight is 497 g/mol. The second kappa shape index (κ2) is 10.4. The second-order valence-electron chi connectivity index (χ2n) is 6.70. The highest BCUT2D eigenvalue weighted by Crippen LogP contribution is 2.24. The molecule has 0 radical (unpaired) electrons. The number of benzene rings is 3. The fourth-order valence-corrected chi connectivity index (χ4v) is 4.04. The van der Waals surface area contributed by atoms with Crippen LogP contribution in [0.3, 0.4) is 0 Å². The molecule has 0 saturated heterocycles. The number of hydrogen-bond acceptors (Lipinski definition) is 1. The zero-order chi connectivity index (χ0) is 19.8. The van der Waals surface area contributed by atoms with Crippen LogP contribution in [0.2, 0.25) is 0 Å². The van der Waals surface area contributed by atoms with Gasteiger partial charge in [0.15, 0.2) is 0 Å². The maximum absolute atomic E-state index is 3.77. The fraction of sp³-hybridized carbons (Fsp3) is 0.120. The van der Waals surface area contributed by atoms with Crippen LogP contribution in [0.15, 0.2) is 93.9 Å². The summed E-state index contributed by atoms with van der Waals surface area (Å²) in [5.74, 6) is 0. The van der Waals surface area contributed by atoms with Crippen molar-refractivity contribution < 1.29 is 0 Å². The minimum atomic E-state index is 0.787. The van der Waals surface area contributed by atoms with E-state index in [0.717, 1.165) is 22.1 Å². The van der Waals surface area contributed by atoms with Crippen molar-refractivity contribution in [2.75, 3.05) is 18.0 Å². The van der Waals surface area contributed by atoms with E-state index in [1.807, 2.05) is 12.1 Å². The van der Waals surface area contributed by atoms with Crippen LogP contribution < -0.4 is 4.90 Å². The Morgan fingerprint density at radius 1 is 0.679 bits per heavy atom. The van der Waals surface area contributed by atoms with E-state index in [-0.39, 0.29) is 0 Å².